The Balaban J connectivity index is 3.19. The standard InChI is InChI=1S/C13H15NO2/c1-9(15)16-10-6-7-11(13(2,3)4)12(8-10)14-5/h6-8H,1-4H3. The monoisotopic (exact) mass is 217 g/mol. The molecule has 0 fully saturated rings. The fourth-order valence-electron chi connectivity index (χ4n) is 1.47. The molecule has 0 aliphatic carbocycles. The molecule has 1 aromatic carbocycles. The van der Waals surface area contributed by atoms with Crippen LogP contribution in [-0.4, -0.2) is 5.97 Å². The van der Waals surface area contributed by atoms with Crippen LogP contribution in [0.4, 0.5) is 5.69 Å². The highest BCUT2D eigenvalue weighted by molar-refractivity contribution is 5.70. The van der Waals surface area contributed by atoms with E-state index >= 15 is 0 Å². The van der Waals surface area contributed by atoms with E-state index in [1.165, 1.54) is 6.92 Å². The van der Waals surface area contributed by atoms with Crippen LogP contribution in [0, 0.1) is 6.57 Å². The highest BCUT2D eigenvalue weighted by Crippen LogP contribution is 2.34. The highest BCUT2D eigenvalue weighted by Gasteiger charge is 2.18. The molecule has 1 aromatic rings. The molecule has 1 rings (SSSR count). The lowest BCUT2D eigenvalue weighted by Gasteiger charge is -2.21. The van der Waals surface area contributed by atoms with Gasteiger partial charge in [0.05, 0.1) is 6.57 Å². The largest absolute Gasteiger partial charge is 0.428 e. The summed E-state index contributed by atoms with van der Waals surface area (Å²) in [6, 6.07) is 5.16. The van der Waals surface area contributed by atoms with Gasteiger partial charge in [0.25, 0.3) is 0 Å². The van der Waals surface area contributed by atoms with Gasteiger partial charge in [-0.25, -0.2) is 4.85 Å². The minimum absolute atomic E-state index is 0.0887. The van der Waals surface area contributed by atoms with E-state index in [2.05, 4.69) is 4.85 Å². The van der Waals surface area contributed by atoms with Crippen LogP contribution in [0.5, 0.6) is 5.75 Å². The van der Waals surface area contributed by atoms with E-state index in [1.807, 2.05) is 26.8 Å². The van der Waals surface area contributed by atoms with Crippen LogP contribution in [-0.2, 0) is 10.2 Å². The lowest BCUT2D eigenvalue weighted by molar-refractivity contribution is -0.131. The van der Waals surface area contributed by atoms with Crippen LogP contribution in [0.25, 0.3) is 4.85 Å². The highest BCUT2D eigenvalue weighted by atomic mass is 16.5. The number of carbonyl (C=O) groups excluding carboxylic acids is 1. The lowest BCUT2D eigenvalue weighted by atomic mass is 9.86. The Hall–Kier alpha value is -1.82. The fourth-order valence-corrected chi connectivity index (χ4v) is 1.47. The average Bonchev–Trinajstić information content (AvgIpc) is 2.14. The first kappa shape index (κ1) is 12.3. The van der Waals surface area contributed by atoms with Gasteiger partial charge in [0.15, 0.2) is 5.69 Å². The third-order valence-corrected chi connectivity index (χ3v) is 2.16. The molecular weight excluding hydrogens is 202 g/mol. The molecule has 0 amide bonds. The van der Waals surface area contributed by atoms with Gasteiger partial charge in [0.2, 0.25) is 0 Å². The van der Waals surface area contributed by atoms with Crippen molar-refractivity contribution >= 4 is 11.7 Å². The van der Waals surface area contributed by atoms with Gasteiger partial charge in [0.1, 0.15) is 5.75 Å². The van der Waals surface area contributed by atoms with Gasteiger partial charge in [-0.05, 0) is 23.1 Å². The first-order chi connectivity index (χ1) is 7.34. The first-order valence-corrected chi connectivity index (χ1v) is 5.05. The molecule has 0 bridgehead atoms. The molecule has 0 aliphatic rings. The second-order valence-corrected chi connectivity index (χ2v) is 4.63. The summed E-state index contributed by atoms with van der Waals surface area (Å²) in [5.41, 5.74) is 1.40. The molecule has 0 atom stereocenters. The summed E-state index contributed by atoms with van der Waals surface area (Å²) in [5.74, 6) is 0.0472. The summed E-state index contributed by atoms with van der Waals surface area (Å²) in [7, 11) is 0. The normalized spacial score (nSPS) is 10.7. The van der Waals surface area contributed by atoms with Crippen molar-refractivity contribution in [3.05, 3.63) is 35.2 Å². The minimum Gasteiger partial charge on any atom is -0.428 e. The van der Waals surface area contributed by atoms with E-state index in [-0.39, 0.29) is 11.4 Å². The quantitative estimate of drug-likeness (QED) is 0.409. The zero-order chi connectivity index (χ0) is 12.3. The van der Waals surface area contributed by atoms with Gasteiger partial charge >= 0.3 is 5.97 Å². The predicted octanol–water partition coefficient (Wildman–Crippen LogP) is 3.46. The number of carbonyl (C=O) groups is 1. The van der Waals surface area contributed by atoms with Crippen molar-refractivity contribution in [1.82, 2.24) is 0 Å². The molecule has 0 aromatic heterocycles. The van der Waals surface area contributed by atoms with Crippen molar-refractivity contribution in [2.75, 3.05) is 0 Å². The number of ether oxygens (including phenoxy) is 1. The molecule has 3 nitrogen and oxygen atoms in total. The van der Waals surface area contributed by atoms with Gasteiger partial charge in [-0.2, -0.15) is 0 Å². The third kappa shape index (κ3) is 2.83. The van der Waals surface area contributed by atoms with Crippen molar-refractivity contribution in [3.63, 3.8) is 0 Å². The topological polar surface area (TPSA) is 30.7 Å². The maximum absolute atomic E-state index is 10.8. The van der Waals surface area contributed by atoms with Crippen LogP contribution in [0.3, 0.4) is 0 Å². The summed E-state index contributed by atoms with van der Waals surface area (Å²) in [5, 5.41) is 0. The SMILES string of the molecule is [C-]#[N+]c1cc(OC(C)=O)ccc1C(C)(C)C. The van der Waals surface area contributed by atoms with Gasteiger partial charge in [-0.3, -0.25) is 4.79 Å². The Bertz CT molecular complexity index is 450. The summed E-state index contributed by atoms with van der Waals surface area (Å²) in [6.07, 6.45) is 0. The molecule has 0 N–H and O–H groups in total. The number of benzene rings is 1. The van der Waals surface area contributed by atoms with E-state index in [0.717, 1.165) is 5.56 Å². The summed E-state index contributed by atoms with van der Waals surface area (Å²) in [4.78, 5) is 14.3. The van der Waals surface area contributed by atoms with Gasteiger partial charge in [-0.1, -0.05) is 26.8 Å². The molecule has 0 heterocycles. The Labute approximate surface area is 95.9 Å². The Morgan fingerprint density at radius 1 is 1.38 bits per heavy atom. The average molecular weight is 217 g/mol. The third-order valence-electron chi connectivity index (χ3n) is 2.16. The number of rotatable bonds is 1. The molecule has 0 aliphatic heterocycles. The molecule has 0 radical (unpaired) electrons. The molecule has 0 spiro atoms. The lowest BCUT2D eigenvalue weighted by Crippen LogP contribution is -2.11. The van der Waals surface area contributed by atoms with Crippen LogP contribution < -0.4 is 4.74 Å². The number of hydrogen-bond acceptors (Lipinski definition) is 2. The predicted molar refractivity (Wildman–Crippen MR) is 62.7 cm³/mol. The maximum Gasteiger partial charge on any atom is 0.307 e. The van der Waals surface area contributed by atoms with E-state index in [4.69, 9.17) is 11.3 Å². The van der Waals surface area contributed by atoms with E-state index < -0.39 is 0 Å². The molecular formula is C13H15NO2. The van der Waals surface area contributed by atoms with E-state index in [0.29, 0.717) is 11.4 Å². The Kier molecular flexibility index (Phi) is 3.34. The molecule has 0 saturated carbocycles. The van der Waals surface area contributed by atoms with Crippen LogP contribution >= 0.6 is 0 Å². The van der Waals surface area contributed by atoms with Crippen LogP contribution in [0.2, 0.25) is 0 Å². The second kappa shape index (κ2) is 4.36. The Morgan fingerprint density at radius 2 is 2.00 bits per heavy atom. The van der Waals surface area contributed by atoms with Crippen molar-refractivity contribution < 1.29 is 9.53 Å². The summed E-state index contributed by atoms with van der Waals surface area (Å²) in [6.45, 7) is 14.6. The van der Waals surface area contributed by atoms with E-state index in [1.54, 1.807) is 12.1 Å². The Morgan fingerprint density at radius 3 is 2.44 bits per heavy atom. The van der Waals surface area contributed by atoms with Gasteiger partial charge in [0, 0.05) is 6.92 Å². The maximum atomic E-state index is 10.8. The number of esters is 1. The zero-order valence-electron chi connectivity index (χ0n) is 10.00. The van der Waals surface area contributed by atoms with Crippen molar-refractivity contribution in [2.24, 2.45) is 0 Å². The smallest absolute Gasteiger partial charge is 0.307 e. The second-order valence-electron chi connectivity index (χ2n) is 4.63. The molecule has 84 valence electrons. The molecule has 0 saturated heterocycles. The van der Waals surface area contributed by atoms with Crippen molar-refractivity contribution in [2.45, 2.75) is 33.1 Å². The van der Waals surface area contributed by atoms with Crippen molar-refractivity contribution in [3.8, 4) is 5.75 Å². The summed E-state index contributed by atoms with van der Waals surface area (Å²) < 4.78 is 4.94. The van der Waals surface area contributed by atoms with Gasteiger partial charge in [-0.15, -0.1) is 0 Å². The summed E-state index contributed by atoms with van der Waals surface area (Å²) >= 11 is 0. The number of nitrogens with zero attached hydrogens (tertiary/aromatic N) is 1. The molecule has 3 heteroatoms. The van der Waals surface area contributed by atoms with Crippen LogP contribution in [0.15, 0.2) is 18.2 Å². The zero-order valence-corrected chi connectivity index (χ0v) is 10.00. The minimum atomic E-state index is -0.376. The molecule has 16 heavy (non-hydrogen) atoms. The van der Waals surface area contributed by atoms with E-state index in [9.17, 15) is 4.79 Å². The number of hydrogen-bond donors (Lipinski definition) is 0. The molecule has 0 unspecified atom stereocenters. The van der Waals surface area contributed by atoms with Crippen LogP contribution in [0.1, 0.15) is 33.3 Å². The van der Waals surface area contributed by atoms with Crippen molar-refractivity contribution in [1.29, 1.82) is 0 Å². The van der Waals surface area contributed by atoms with Gasteiger partial charge < -0.3 is 4.74 Å². The first-order valence-electron chi connectivity index (χ1n) is 5.05. The fraction of sp³-hybridized carbons (Fsp3) is 0.385.